The summed E-state index contributed by atoms with van der Waals surface area (Å²) in [6, 6.07) is 6.56. The Bertz CT molecular complexity index is 1020. The number of hydrogen-bond acceptors (Lipinski definition) is 7. The van der Waals surface area contributed by atoms with Gasteiger partial charge in [0, 0.05) is 30.7 Å². The van der Waals surface area contributed by atoms with E-state index < -0.39 is 17.6 Å². The molecule has 160 valence electrons. The third kappa shape index (κ3) is 3.66. The second-order valence-electron chi connectivity index (χ2n) is 7.55. The number of fused-ring (bicyclic) bond motifs is 2. The maximum atomic E-state index is 12.8. The molecule has 2 unspecified atom stereocenters. The standard InChI is InChI=1S/C21H25N3O6/c1-28-15-4-3-13(17(9-15)29-2)12-22-19(27)16-10-18(26)24-7-8-30-21(20(24)23-16)6-5-14(25)11-21/h3-4,9-10,14,25H,5-8,11-12H2,1-2H3,(H,22,27). The summed E-state index contributed by atoms with van der Waals surface area (Å²) in [6.45, 7) is 0.959. The van der Waals surface area contributed by atoms with Crippen molar-refractivity contribution >= 4 is 5.91 Å². The van der Waals surface area contributed by atoms with E-state index in [1.165, 1.54) is 6.07 Å². The van der Waals surface area contributed by atoms with Crippen LogP contribution in [0.5, 0.6) is 11.5 Å². The fourth-order valence-corrected chi connectivity index (χ4v) is 4.17. The van der Waals surface area contributed by atoms with E-state index in [0.717, 1.165) is 5.56 Å². The number of carbonyl (C=O) groups excluding carboxylic acids is 1. The number of nitrogens with zero attached hydrogens (tertiary/aromatic N) is 2. The van der Waals surface area contributed by atoms with Gasteiger partial charge in [0.25, 0.3) is 11.5 Å². The van der Waals surface area contributed by atoms with Crippen LogP contribution >= 0.6 is 0 Å². The van der Waals surface area contributed by atoms with E-state index in [1.54, 1.807) is 37.0 Å². The molecule has 4 rings (SSSR count). The molecule has 1 aliphatic heterocycles. The number of nitrogens with one attached hydrogen (secondary N) is 1. The van der Waals surface area contributed by atoms with Crippen molar-refractivity contribution < 1.29 is 24.1 Å². The van der Waals surface area contributed by atoms with E-state index in [0.29, 0.717) is 49.7 Å². The fourth-order valence-electron chi connectivity index (χ4n) is 4.17. The summed E-state index contributed by atoms with van der Waals surface area (Å²) in [4.78, 5) is 29.9. The number of aliphatic hydroxyl groups excluding tert-OH is 1. The summed E-state index contributed by atoms with van der Waals surface area (Å²) in [7, 11) is 3.11. The zero-order valence-corrected chi connectivity index (χ0v) is 17.0. The maximum Gasteiger partial charge on any atom is 0.270 e. The second-order valence-corrected chi connectivity index (χ2v) is 7.55. The number of aromatic nitrogens is 2. The van der Waals surface area contributed by atoms with Crippen LogP contribution in [0, 0.1) is 0 Å². The minimum atomic E-state index is -0.813. The molecule has 2 atom stereocenters. The number of hydrogen-bond donors (Lipinski definition) is 2. The lowest BCUT2D eigenvalue weighted by atomic mass is 9.98. The molecule has 9 heteroatoms. The zero-order valence-electron chi connectivity index (χ0n) is 17.0. The number of rotatable bonds is 5. The van der Waals surface area contributed by atoms with Crippen LogP contribution in [0.1, 0.15) is 41.1 Å². The van der Waals surface area contributed by atoms with Gasteiger partial charge in [-0.3, -0.25) is 14.2 Å². The van der Waals surface area contributed by atoms with Crippen LogP contribution in [-0.4, -0.2) is 47.5 Å². The van der Waals surface area contributed by atoms with Crippen molar-refractivity contribution in [3.8, 4) is 11.5 Å². The number of ether oxygens (including phenoxy) is 3. The Morgan fingerprint density at radius 1 is 1.37 bits per heavy atom. The molecular weight excluding hydrogens is 390 g/mol. The number of benzene rings is 1. The van der Waals surface area contributed by atoms with Gasteiger partial charge >= 0.3 is 0 Å². The molecule has 30 heavy (non-hydrogen) atoms. The minimum absolute atomic E-state index is 0.0324. The largest absolute Gasteiger partial charge is 0.497 e. The van der Waals surface area contributed by atoms with Crippen molar-refractivity contribution in [2.45, 2.75) is 44.1 Å². The summed E-state index contributed by atoms with van der Waals surface area (Å²) in [5.74, 6) is 1.19. The van der Waals surface area contributed by atoms with Gasteiger partial charge in [0.2, 0.25) is 0 Å². The fraction of sp³-hybridized carbons (Fsp3) is 0.476. The van der Waals surface area contributed by atoms with Gasteiger partial charge in [-0.1, -0.05) is 0 Å². The molecule has 0 bridgehead atoms. The van der Waals surface area contributed by atoms with Gasteiger partial charge in [-0.2, -0.15) is 0 Å². The summed E-state index contributed by atoms with van der Waals surface area (Å²) in [6.07, 6.45) is 1.000. The lowest BCUT2D eigenvalue weighted by Crippen LogP contribution is -2.44. The quantitative estimate of drug-likeness (QED) is 0.748. The second kappa shape index (κ2) is 8.08. The number of methoxy groups -OCH3 is 2. The van der Waals surface area contributed by atoms with E-state index in [9.17, 15) is 14.7 Å². The van der Waals surface area contributed by atoms with Gasteiger partial charge in [0.15, 0.2) is 0 Å². The molecular formula is C21H25N3O6. The van der Waals surface area contributed by atoms with Crippen molar-refractivity contribution in [1.29, 1.82) is 0 Å². The number of amides is 1. The van der Waals surface area contributed by atoms with Gasteiger partial charge < -0.3 is 24.6 Å². The summed E-state index contributed by atoms with van der Waals surface area (Å²) < 4.78 is 18.0. The minimum Gasteiger partial charge on any atom is -0.497 e. The smallest absolute Gasteiger partial charge is 0.270 e. The van der Waals surface area contributed by atoms with Crippen LogP contribution < -0.4 is 20.3 Å². The SMILES string of the molecule is COc1ccc(CNC(=O)c2cc(=O)n3c(n2)C2(CCC(O)C2)OCC3)c(OC)c1. The molecule has 1 saturated carbocycles. The van der Waals surface area contributed by atoms with Gasteiger partial charge in [-0.25, -0.2) is 4.98 Å². The highest BCUT2D eigenvalue weighted by Crippen LogP contribution is 2.42. The Hall–Kier alpha value is -2.91. The van der Waals surface area contributed by atoms with Crippen LogP contribution in [-0.2, 0) is 23.4 Å². The van der Waals surface area contributed by atoms with Crippen LogP contribution in [0.2, 0.25) is 0 Å². The molecule has 2 N–H and O–H groups in total. The Labute approximate surface area is 173 Å². The average molecular weight is 415 g/mol. The molecule has 1 fully saturated rings. The molecule has 1 aliphatic carbocycles. The molecule has 1 aromatic heterocycles. The van der Waals surface area contributed by atoms with Crippen LogP contribution in [0.25, 0.3) is 0 Å². The molecule has 2 heterocycles. The molecule has 2 aliphatic rings. The van der Waals surface area contributed by atoms with Crippen molar-refractivity contribution in [2.24, 2.45) is 0 Å². The van der Waals surface area contributed by atoms with Crippen LogP contribution in [0.3, 0.4) is 0 Å². The van der Waals surface area contributed by atoms with Gasteiger partial charge in [0.1, 0.15) is 28.6 Å². The van der Waals surface area contributed by atoms with Crippen molar-refractivity contribution in [2.75, 3.05) is 20.8 Å². The first kappa shape index (κ1) is 20.4. The average Bonchev–Trinajstić information content (AvgIpc) is 3.13. The number of carbonyl (C=O) groups is 1. The Kier molecular flexibility index (Phi) is 5.48. The van der Waals surface area contributed by atoms with Crippen LogP contribution in [0.4, 0.5) is 0 Å². The highest BCUT2D eigenvalue weighted by Gasteiger charge is 2.46. The summed E-state index contributed by atoms with van der Waals surface area (Å²) >= 11 is 0. The molecule has 1 spiro atoms. The van der Waals surface area contributed by atoms with Gasteiger partial charge in [0.05, 0.1) is 33.5 Å². The van der Waals surface area contributed by atoms with E-state index in [-0.39, 0.29) is 17.8 Å². The molecule has 2 aromatic rings. The Balaban J connectivity index is 1.58. The lowest BCUT2D eigenvalue weighted by molar-refractivity contribution is -0.0847. The molecule has 1 aromatic carbocycles. The summed E-state index contributed by atoms with van der Waals surface area (Å²) in [5, 5.41) is 12.8. The van der Waals surface area contributed by atoms with E-state index in [1.807, 2.05) is 0 Å². The van der Waals surface area contributed by atoms with Crippen molar-refractivity contribution in [3.63, 3.8) is 0 Å². The normalized spacial score (nSPS) is 22.6. The third-order valence-electron chi connectivity index (χ3n) is 5.72. The van der Waals surface area contributed by atoms with Crippen molar-refractivity contribution in [1.82, 2.24) is 14.9 Å². The van der Waals surface area contributed by atoms with Gasteiger partial charge in [-0.15, -0.1) is 0 Å². The predicted octanol–water partition coefficient (Wildman–Crippen LogP) is 0.961. The maximum absolute atomic E-state index is 12.8. The zero-order chi connectivity index (χ0) is 21.3. The Morgan fingerprint density at radius 3 is 2.90 bits per heavy atom. The van der Waals surface area contributed by atoms with E-state index in [4.69, 9.17) is 14.2 Å². The topological polar surface area (TPSA) is 112 Å². The molecule has 1 amide bonds. The molecule has 0 radical (unpaired) electrons. The monoisotopic (exact) mass is 415 g/mol. The van der Waals surface area contributed by atoms with E-state index >= 15 is 0 Å². The van der Waals surface area contributed by atoms with Crippen molar-refractivity contribution in [3.05, 3.63) is 51.7 Å². The van der Waals surface area contributed by atoms with Gasteiger partial charge in [-0.05, 0) is 25.0 Å². The molecule has 9 nitrogen and oxygen atoms in total. The predicted molar refractivity (Wildman–Crippen MR) is 107 cm³/mol. The first-order chi connectivity index (χ1) is 14.5. The Morgan fingerprint density at radius 2 is 2.20 bits per heavy atom. The number of aliphatic hydroxyl groups is 1. The molecule has 0 saturated heterocycles. The highest BCUT2D eigenvalue weighted by molar-refractivity contribution is 5.92. The highest BCUT2D eigenvalue weighted by atomic mass is 16.5. The van der Waals surface area contributed by atoms with E-state index in [2.05, 4.69) is 10.3 Å². The first-order valence-electron chi connectivity index (χ1n) is 9.89. The lowest BCUT2D eigenvalue weighted by Gasteiger charge is -2.35. The third-order valence-corrected chi connectivity index (χ3v) is 5.72. The first-order valence-corrected chi connectivity index (χ1v) is 9.89. The van der Waals surface area contributed by atoms with Crippen LogP contribution in [0.15, 0.2) is 29.1 Å². The summed E-state index contributed by atoms with van der Waals surface area (Å²) in [5.41, 5.74) is -0.312.